The first kappa shape index (κ1) is 18.5. The van der Waals surface area contributed by atoms with Crippen LogP contribution in [0.1, 0.15) is 41.4 Å². The number of nitrogens with zero attached hydrogens (tertiary/aromatic N) is 1. The Bertz CT molecular complexity index is 776. The van der Waals surface area contributed by atoms with Crippen molar-refractivity contribution in [2.75, 3.05) is 0 Å². The summed E-state index contributed by atoms with van der Waals surface area (Å²) in [7, 11) is 0. The molecule has 0 aliphatic rings. The van der Waals surface area contributed by atoms with Crippen LogP contribution in [0.5, 0.6) is 0 Å². The highest BCUT2D eigenvalue weighted by molar-refractivity contribution is 5.93. The smallest absolute Gasteiger partial charge is 0.274 e. The van der Waals surface area contributed by atoms with E-state index in [4.69, 9.17) is 5.73 Å². The van der Waals surface area contributed by atoms with Crippen molar-refractivity contribution < 1.29 is 14.1 Å². The van der Waals surface area contributed by atoms with Crippen LogP contribution >= 0.6 is 0 Å². The normalized spacial score (nSPS) is 12.2. The number of benzene rings is 2. The van der Waals surface area contributed by atoms with Crippen molar-refractivity contribution in [1.29, 1.82) is 0 Å². The maximum absolute atomic E-state index is 13.1. The summed E-state index contributed by atoms with van der Waals surface area (Å²) in [4.78, 5) is 21.9. The molecule has 1 amide bonds. The minimum absolute atomic E-state index is 0.0920. The average Bonchev–Trinajstić information content (AvgIpc) is 2.56. The van der Waals surface area contributed by atoms with E-state index < -0.39 is 10.8 Å². The predicted octanol–water partition coefficient (Wildman–Crippen LogP) is 3.32. The van der Waals surface area contributed by atoms with Gasteiger partial charge < -0.3 is 11.1 Å². The number of hydrogen-bond acceptors (Lipinski definition) is 4. The molecule has 0 aliphatic carbocycles. The second kappa shape index (κ2) is 7.85. The van der Waals surface area contributed by atoms with Gasteiger partial charge in [0, 0.05) is 29.8 Å². The molecule has 2 aromatic rings. The third-order valence-corrected chi connectivity index (χ3v) is 3.97. The molecule has 2 aromatic carbocycles. The molecule has 0 saturated carbocycles. The van der Waals surface area contributed by atoms with Gasteiger partial charge in [-0.1, -0.05) is 32.0 Å². The van der Waals surface area contributed by atoms with Gasteiger partial charge in [-0.25, -0.2) is 4.39 Å². The fourth-order valence-electron chi connectivity index (χ4n) is 2.67. The van der Waals surface area contributed by atoms with Gasteiger partial charge in [-0.05, 0) is 29.7 Å². The molecule has 0 bridgehead atoms. The number of nitro groups is 1. The number of hydrogen-bond donors (Lipinski definition) is 2. The van der Waals surface area contributed by atoms with Gasteiger partial charge in [-0.2, -0.15) is 0 Å². The molecule has 1 atom stereocenters. The largest absolute Gasteiger partial charge is 0.366 e. The molecule has 0 unspecified atom stereocenters. The molecule has 0 radical (unpaired) electrons. The molecular weight excluding hydrogens is 325 g/mol. The quantitative estimate of drug-likeness (QED) is 0.594. The molecule has 6 nitrogen and oxygen atoms in total. The van der Waals surface area contributed by atoms with E-state index in [0.717, 1.165) is 5.56 Å². The van der Waals surface area contributed by atoms with Crippen molar-refractivity contribution >= 4 is 11.6 Å². The highest BCUT2D eigenvalue weighted by Gasteiger charge is 2.20. The topological polar surface area (TPSA) is 98.3 Å². The Balaban J connectivity index is 2.24. The van der Waals surface area contributed by atoms with Gasteiger partial charge in [0.1, 0.15) is 5.82 Å². The molecule has 0 spiro atoms. The van der Waals surface area contributed by atoms with E-state index in [1.165, 1.54) is 30.3 Å². The van der Waals surface area contributed by atoms with E-state index in [1.807, 2.05) is 13.8 Å². The van der Waals surface area contributed by atoms with Gasteiger partial charge in [-0.15, -0.1) is 0 Å². The first-order valence-corrected chi connectivity index (χ1v) is 7.85. The van der Waals surface area contributed by atoms with Crippen molar-refractivity contribution in [1.82, 2.24) is 5.32 Å². The summed E-state index contributed by atoms with van der Waals surface area (Å²) in [6, 6.07) is 10.2. The van der Waals surface area contributed by atoms with Crippen LogP contribution in [0, 0.1) is 21.8 Å². The van der Waals surface area contributed by atoms with Crippen molar-refractivity contribution in [3.05, 3.63) is 75.1 Å². The van der Waals surface area contributed by atoms with Gasteiger partial charge in [0.2, 0.25) is 5.91 Å². The predicted molar refractivity (Wildman–Crippen MR) is 92.4 cm³/mol. The van der Waals surface area contributed by atoms with Gasteiger partial charge >= 0.3 is 0 Å². The van der Waals surface area contributed by atoms with E-state index in [9.17, 15) is 19.3 Å². The second-order valence-corrected chi connectivity index (χ2v) is 6.12. The number of amides is 1. The molecule has 0 saturated heterocycles. The Hall–Kier alpha value is -2.80. The number of halogens is 1. The fourth-order valence-corrected chi connectivity index (χ4v) is 2.67. The molecule has 25 heavy (non-hydrogen) atoms. The first-order valence-electron chi connectivity index (χ1n) is 7.85. The van der Waals surface area contributed by atoms with Crippen molar-refractivity contribution in [2.45, 2.75) is 26.4 Å². The number of nitrogens with two attached hydrogens (primary N) is 1. The lowest BCUT2D eigenvalue weighted by Crippen LogP contribution is -2.26. The number of carbonyl (C=O) groups excluding carboxylic acids is 1. The van der Waals surface area contributed by atoms with E-state index in [2.05, 4.69) is 5.32 Å². The Labute approximate surface area is 145 Å². The number of nitrogens with one attached hydrogen (secondary N) is 1. The number of primary amides is 1. The maximum Gasteiger partial charge on any atom is 0.274 e. The Morgan fingerprint density at radius 2 is 1.88 bits per heavy atom. The molecule has 0 aliphatic heterocycles. The highest BCUT2D eigenvalue weighted by atomic mass is 19.1. The van der Waals surface area contributed by atoms with E-state index in [-0.39, 0.29) is 35.6 Å². The van der Waals surface area contributed by atoms with Crippen LogP contribution in [0.4, 0.5) is 10.1 Å². The van der Waals surface area contributed by atoms with Crippen LogP contribution in [0.25, 0.3) is 0 Å². The zero-order chi connectivity index (χ0) is 18.6. The van der Waals surface area contributed by atoms with Gasteiger partial charge in [0.15, 0.2) is 0 Å². The Morgan fingerprint density at radius 3 is 2.40 bits per heavy atom. The standard InChI is InChI=1S/C18H20FN3O3/c1-11(2)17(12-5-7-15(19)8-6-12)21-10-14-4-3-13(18(20)23)9-16(14)22(24)25/h3-9,11,17,21H,10H2,1-2H3,(H2,20,23)/t17-/m1/s1. The summed E-state index contributed by atoms with van der Waals surface area (Å²) >= 11 is 0. The molecule has 2 rings (SSSR count). The number of rotatable bonds is 7. The van der Waals surface area contributed by atoms with Crippen molar-refractivity contribution in [2.24, 2.45) is 11.7 Å². The van der Waals surface area contributed by atoms with Crippen LogP contribution in [-0.2, 0) is 6.54 Å². The zero-order valence-electron chi connectivity index (χ0n) is 14.0. The first-order chi connectivity index (χ1) is 11.8. The van der Waals surface area contributed by atoms with Gasteiger partial charge in [0.25, 0.3) is 5.69 Å². The van der Waals surface area contributed by atoms with Gasteiger partial charge in [0.05, 0.1) is 4.92 Å². The molecule has 0 heterocycles. The molecular formula is C18H20FN3O3. The SMILES string of the molecule is CC(C)[C@@H](NCc1ccc(C(N)=O)cc1[N+](=O)[O-])c1ccc(F)cc1. The third kappa shape index (κ3) is 4.60. The minimum atomic E-state index is -0.714. The monoisotopic (exact) mass is 345 g/mol. The van der Waals surface area contributed by atoms with Crippen LogP contribution in [0.2, 0.25) is 0 Å². The van der Waals surface area contributed by atoms with Crippen LogP contribution in [0.15, 0.2) is 42.5 Å². The molecule has 0 aromatic heterocycles. The number of carbonyl (C=O) groups is 1. The minimum Gasteiger partial charge on any atom is -0.366 e. The van der Waals surface area contributed by atoms with Crippen LogP contribution in [-0.4, -0.2) is 10.8 Å². The maximum atomic E-state index is 13.1. The Morgan fingerprint density at radius 1 is 1.24 bits per heavy atom. The summed E-state index contributed by atoms with van der Waals surface area (Å²) < 4.78 is 13.1. The van der Waals surface area contributed by atoms with Crippen molar-refractivity contribution in [3.8, 4) is 0 Å². The van der Waals surface area contributed by atoms with E-state index >= 15 is 0 Å². The second-order valence-electron chi connectivity index (χ2n) is 6.12. The van der Waals surface area contributed by atoms with Crippen molar-refractivity contribution in [3.63, 3.8) is 0 Å². The van der Waals surface area contributed by atoms with Crippen LogP contribution < -0.4 is 11.1 Å². The number of nitro benzene ring substituents is 1. The van der Waals surface area contributed by atoms with E-state index in [1.54, 1.807) is 12.1 Å². The molecule has 7 heteroatoms. The fraction of sp³-hybridized carbons (Fsp3) is 0.278. The van der Waals surface area contributed by atoms with Gasteiger partial charge in [-0.3, -0.25) is 14.9 Å². The van der Waals surface area contributed by atoms with E-state index in [0.29, 0.717) is 5.56 Å². The van der Waals surface area contributed by atoms with Crippen LogP contribution in [0.3, 0.4) is 0 Å². The lowest BCUT2D eigenvalue weighted by Gasteiger charge is -2.23. The molecule has 0 fully saturated rings. The summed E-state index contributed by atoms with van der Waals surface area (Å²) in [6.45, 7) is 4.24. The molecule has 132 valence electrons. The molecule has 3 N–H and O–H groups in total. The third-order valence-electron chi connectivity index (χ3n) is 3.97. The Kier molecular flexibility index (Phi) is 5.82. The summed E-state index contributed by atoms with van der Waals surface area (Å²) in [5, 5.41) is 14.5. The lowest BCUT2D eigenvalue weighted by molar-refractivity contribution is -0.385. The lowest BCUT2D eigenvalue weighted by atomic mass is 9.95. The zero-order valence-corrected chi connectivity index (χ0v) is 14.0. The summed E-state index contributed by atoms with van der Waals surface area (Å²) in [6.07, 6.45) is 0. The summed E-state index contributed by atoms with van der Waals surface area (Å²) in [5.41, 5.74) is 6.45. The average molecular weight is 345 g/mol. The summed E-state index contributed by atoms with van der Waals surface area (Å²) in [5.74, 6) is -0.840. The highest BCUT2D eigenvalue weighted by Crippen LogP contribution is 2.25.